The Hall–Kier alpha value is -3.54. The Morgan fingerprint density at radius 3 is 2.41 bits per heavy atom. The van der Waals surface area contributed by atoms with E-state index >= 15 is 0 Å². The summed E-state index contributed by atoms with van der Waals surface area (Å²) < 4.78 is 11.3. The zero-order chi connectivity index (χ0) is 20.6. The van der Waals surface area contributed by atoms with Crippen LogP contribution in [0.15, 0.2) is 66.7 Å². The molecule has 1 unspecified atom stereocenters. The van der Waals surface area contributed by atoms with E-state index in [2.05, 4.69) is 10.9 Å². The van der Waals surface area contributed by atoms with Crippen LogP contribution in [-0.2, 0) is 4.79 Å². The number of ether oxygens (including phenoxy) is 2. The first kappa shape index (κ1) is 20.2. The molecule has 1 atom stereocenters. The van der Waals surface area contributed by atoms with E-state index in [1.165, 1.54) is 0 Å². The van der Waals surface area contributed by atoms with Crippen LogP contribution in [0.3, 0.4) is 0 Å². The van der Waals surface area contributed by atoms with Gasteiger partial charge in [0.1, 0.15) is 11.5 Å². The smallest absolute Gasteiger partial charge is 0.276 e. The third kappa shape index (κ3) is 5.48. The lowest BCUT2D eigenvalue weighted by Crippen LogP contribution is -2.43. The van der Waals surface area contributed by atoms with Crippen LogP contribution in [0, 0.1) is 0 Å². The monoisotopic (exact) mass is 392 g/mol. The SMILES string of the molecule is CCC(C)Oc1ccc(C(=O)NNC(=O)COc2cccc3ccccc23)cc1. The van der Waals surface area contributed by atoms with Crippen molar-refractivity contribution >= 4 is 22.6 Å². The summed E-state index contributed by atoms with van der Waals surface area (Å²) in [6.07, 6.45) is 1.01. The van der Waals surface area contributed by atoms with Crippen LogP contribution >= 0.6 is 0 Å². The number of carbonyl (C=O) groups excluding carboxylic acids is 2. The second-order valence-corrected chi connectivity index (χ2v) is 6.63. The molecule has 3 rings (SSSR count). The van der Waals surface area contributed by atoms with Crippen molar-refractivity contribution in [2.45, 2.75) is 26.4 Å². The van der Waals surface area contributed by atoms with Crippen LogP contribution in [0.2, 0.25) is 0 Å². The second-order valence-electron chi connectivity index (χ2n) is 6.63. The Labute approximate surface area is 169 Å². The van der Waals surface area contributed by atoms with E-state index in [4.69, 9.17) is 9.47 Å². The zero-order valence-corrected chi connectivity index (χ0v) is 16.5. The van der Waals surface area contributed by atoms with Gasteiger partial charge in [-0.05, 0) is 49.1 Å². The molecule has 29 heavy (non-hydrogen) atoms. The third-order valence-electron chi connectivity index (χ3n) is 4.45. The molecule has 0 aromatic heterocycles. The lowest BCUT2D eigenvalue weighted by atomic mass is 10.1. The average Bonchev–Trinajstić information content (AvgIpc) is 2.76. The molecule has 2 amide bonds. The van der Waals surface area contributed by atoms with E-state index in [1.54, 1.807) is 30.3 Å². The summed E-state index contributed by atoms with van der Waals surface area (Å²) >= 11 is 0. The van der Waals surface area contributed by atoms with E-state index in [0.29, 0.717) is 17.1 Å². The number of carbonyl (C=O) groups is 2. The lowest BCUT2D eigenvalue weighted by molar-refractivity contribution is -0.123. The normalized spacial score (nSPS) is 11.5. The fraction of sp³-hybridized carbons (Fsp3) is 0.217. The summed E-state index contributed by atoms with van der Waals surface area (Å²) in [6, 6.07) is 20.1. The number of benzene rings is 3. The number of amides is 2. The molecule has 2 N–H and O–H groups in total. The number of nitrogens with one attached hydrogen (secondary N) is 2. The molecule has 0 spiro atoms. The molecule has 0 saturated heterocycles. The maximum atomic E-state index is 12.2. The minimum atomic E-state index is -0.456. The van der Waals surface area contributed by atoms with E-state index in [0.717, 1.165) is 17.2 Å². The molecule has 3 aromatic carbocycles. The maximum absolute atomic E-state index is 12.2. The Balaban J connectivity index is 1.49. The van der Waals surface area contributed by atoms with Crippen LogP contribution in [0.4, 0.5) is 0 Å². The van der Waals surface area contributed by atoms with Gasteiger partial charge in [0.25, 0.3) is 11.8 Å². The van der Waals surface area contributed by atoms with Crippen LogP contribution in [-0.4, -0.2) is 24.5 Å². The van der Waals surface area contributed by atoms with E-state index in [1.807, 2.05) is 50.2 Å². The molecule has 0 fully saturated rings. The fourth-order valence-corrected chi connectivity index (χ4v) is 2.70. The van der Waals surface area contributed by atoms with Crippen molar-refractivity contribution in [1.29, 1.82) is 0 Å². The predicted octanol–water partition coefficient (Wildman–Crippen LogP) is 3.86. The van der Waals surface area contributed by atoms with E-state index < -0.39 is 11.8 Å². The van der Waals surface area contributed by atoms with Gasteiger partial charge in [0.05, 0.1) is 6.10 Å². The van der Waals surface area contributed by atoms with Gasteiger partial charge in [-0.1, -0.05) is 43.3 Å². The molecule has 0 aliphatic carbocycles. The summed E-state index contributed by atoms with van der Waals surface area (Å²) in [5.41, 5.74) is 5.16. The summed E-state index contributed by atoms with van der Waals surface area (Å²) in [4.78, 5) is 24.2. The first-order valence-electron chi connectivity index (χ1n) is 9.53. The number of hydrogen-bond donors (Lipinski definition) is 2. The second kappa shape index (κ2) is 9.59. The van der Waals surface area contributed by atoms with E-state index in [9.17, 15) is 9.59 Å². The Kier molecular flexibility index (Phi) is 6.68. The highest BCUT2D eigenvalue weighted by Crippen LogP contribution is 2.24. The first-order valence-corrected chi connectivity index (χ1v) is 9.53. The molecule has 3 aromatic rings. The standard InChI is InChI=1S/C23H24N2O4/c1-3-16(2)29-19-13-11-18(12-14-19)23(27)25-24-22(26)15-28-21-10-6-8-17-7-4-5-9-20(17)21/h4-14,16H,3,15H2,1-2H3,(H,24,26)(H,25,27). The van der Waals surface area contributed by atoms with Crippen LogP contribution < -0.4 is 20.3 Å². The molecule has 0 saturated carbocycles. The molecule has 150 valence electrons. The highest BCUT2D eigenvalue weighted by molar-refractivity contribution is 5.95. The van der Waals surface area contributed by atoms with Gasteiger partial charge in [0.15, 0.2) is 6.61 Å². The average molecular weight is 392 g/mol. The molecule has 0 heterocycles. The predicted molar refractivity (Wildman–Crippen MR) is 112 cm³/mol. The molecule has 0 radical (unpaired) electrons. The van der Waals surface area contributed by atoms with Crippen LogP contribution in [0.1, 0.15) is 30.6 Å². The summed E-state index contributed by atoms with van der Waals surface area (Å²) in [5, 5.41) is 1.95. The van der Waals surface area contributed by atoms with Gasteiger partial charge in [-0.15, -0.1) is 0 Å². The van der Waals surface area contributed by atoms with Crippen molar-refractivity contribution in [1.82, 2.24) is 10.9 Å². The number of hydrazine groups is 1. The quantitative estimate of drug-likeness (QED) is 0.599. The number of rotatable bonds is 7. The van der Waals surface area contributed by atoms with Gasteiger partial charge in [0.2, 0.25) is 0 Å². The van der Waals surface area contributed by atoms with E-state index in [-0.39, 0.29) is 12.7 Å². The molecule has 0 aliphatic heterocycles. The summed E-state index contributed by atoms with van der Waals surface area (Å²) in [6.45, 7) is 3.81. The molecular weight excluding hydrogens is 368 g/mol. The first-order chi connectivity index (χ1) is 14.1. The summed E-state index contributed by atoms with van der Waals surface area (Å²) in [5.74, 6) is 0.437. The minimum absolute atomic E-state index is 0.107. The molecule has 0 bridgehead atoms. The van der Waals surface area contributed by atoms with Gasteiger partial charge in [-0.3, -0.25) is 20.4 Å². The van der Waals surface area contributed by atoms with Crippen molar-refractivity contribution in [3.05, 3.63) is 72.3 Å². The summed E-state index contributed by atoms with van der Waals surface area (Å²) in [7, 11) is 0. The largest absolute Gasteiger partial charge is 0.491 e. The van der Waals surface area contributed by atoms with Gasteiger partial charge in [0, 0.05) is 10.9 Å². The van der Waals surface area contributed by atoms with Gasteiger partial charge >= 0.3 is 0 Å². The van der Waals surface area contributed by atoms with Gasteiger partial charge in [-0.25, -0.2) is 0 Å². The molecule has 6 nitrogen and oxygen atoms in total. The van der Waals surface area contributed by atoms with Crippen LogP contribution in [0.25, 0.3) is 10.8 Å². The van der Waals surface area contributed by atoms with Crippen molar-refractivity contribution in [3.63, 3.8) is 0 Å². The topological polar surface area (TPSA) is 76.7 Å². The number of fused-ring (bicyclic) bond motifs is 1. The molecular formula is C23H24N2O4. The zero-order valence-electron chi connectivity index (χ0n) is 16.5. The van der Waals surface area contributed by atoms with Gasteiger partial charge in [-0.2, -0.15) is 0 Å². The van der Waals surface area contributed by atoms with Crippen molar-refractivity contribution in [3.8, 4) is 11.5 Å². The maximum Gasteiger partial charge on any atom is 0.276 e. The van der Waals surface area contributed by atoms with Crippen LogP contribution in [0.5, 0.6) is 11.5 Å². The van der Waals surface area contributed by atoms with Gasteiger partial charge < -0.3 is 9.47 Å². The minimum Gasteiger partial charge on any atom is -0.491 e. The van der Waals surface area contributed by atoms with Crippen molar-refractivity contribution < 1.29 is 19.1 Å². The number of hydrogen-bond acceptors (Lipinski definition) is 4. The molecule has 0 aliphatic rings. The fourth-order valence-electron chi connectivity index (χ4n) is 2.70. The molecule has 6 heteroatoms. The van der Waals surface area contributed by atoms with Crippen molar-refractivity contribution in [2.75, 3.05) is 6.61 Å². The highest BCUT2D eigenvalue weighted by atomic mass is 16.5. The van der Waals surface area contributed by atoms with Crippen molar-refractivity contribution in [2.24, 2.45) is 0 Å². The lowest BCUT2D eigenvalue weighted by Gasteiger charge is -2.13. The third-order valence-corrected chi connectivity index (χ3v) is 4.45. The highest BCUT2D eigenvalue weighted by Gasteiger charge is 2.10. The Bertz CT molecular complexity index is 980. The Morgan fingerprint density at radius 1 is 0.931 bits per heavy atom. The Morgan fingerprint density at radius 2 is 1.66 bits per heavy atom.